The number of thiazole rings is 1. The number of hydrogen-bond acceptors (Lipinski definition) is 5. The second kappa shape index (κ2) is 9.31. The van der Waals surface area contributed by atoms with Crippen LogP contribution in [0.1, 0.15) is 35.4 Å². The van der Waals surface area contributed by atoms with Crippen molar-refractivity contribution in [3.8, 4) is 0 Å². The molecule has 1 atom stereocenters. The molecule has 3 amide bonds. The highest BCUT2D eigenvalue weighted by Gasteiger charge is 2.20. The third-order valence-corrected chi connectivity index (χ3v) is 5.74. The van der Waals surface area contributed by atoms with E-state index >= 15 is 0 Å². The molecule has 0 bridgehead atoms. The molecule has 3 aromatic rings. The lowest BCUT2D eigenvalue weighted by atomic mass is 10.1. The Balaban J connectivity index is 1.38. The number of rotatable bonds is 6. The summed E-state index contributed by atoms with van der Waals surface area (Å²) in [4.78, 5) is 30.4. The van der Waals surface area contributed by atoms with Gasteiger partial charge in [0.1, 0.15) is 17.3 Å². The zero-order chi connectivity index (χ0) is 22.7. The minimum Gasteiger partial charge on any atom is -0.344 e. The van der Waals surface area contributed by atoms with Gasteiger partial charge in [0, 0.05) is 35.9 Å². The average molecular weight is 458 g/mol. The van der Waals surface area contributed by atoms with Crippen LogP contribution in [-0.4, -0.2) is 30.0 Å². The molecular weight excluding hydrogens is 436 g/mol. The fourth-order valence-corrected chi connectivity index (χ4v) is 4.07. The van der Waals surface area contributed by atoms with Gasteiger partial charge in [-0.15, -0.1) is 11.3 Å². The van der Waals surface area contributed by atoms with Crippen molar-refractivity contribution in [2.24, 2.45) is 0 Å². The van der Waals surface area contributed by atoms with Gasteiger partial charge in [-0.1, -0.05) is 12.1 Å². The minimum absolute atomic E-state index is 0.112. The van der Waals surface area contributed by atoms with E-state index in [1.165, 1.54) is 0 Å². The third-order valence-electron chi connectivity index (χ3n) is 4.98. The van der Waals surface area contributed by atoms with Gasteiger partial charge in [0.25, 0.3) is 5.91 Å². The van der Waals surface area contributed by atoms with Crippen molar-refractivity contribution in [3.05, 3.63) is 70.7 Å². The molecule has 3 N–H and O–H groups in total. The van der Waals surface area contributed by atoms with E-state index in [1.807, 2.05) is 31.2 Å². The molecule has 0 aliphatic carbocycles. The first-order chi connectivity index (χ1) is 15.4. The monoisotopic (exact) mass is 457 g/mol. The molecule has 0 radical (unpaired) electrons. The van der Waals surface area contributed by atoms with E-state index in [0.717, 1.165) is 47.2 Å². The van der Waals surface area contributed by atoms with Crippen LogP contribution in [0.3, 0.4) is 0 Å². The van der Waals surface area contributed by atoms with E-state index in [9.17, 15) is 18.4 Å². The molecule has 0 saturated carbocycles. The van der Waals surface area contributed by atoms with Crippen LogP contribution in [0.5, 0.6) is 0 Å². The highest BCUT2D eigenvalue weighted by atomic mass is 32.1. The molecule has 7 nitrogen and oxygen atoms in total. The molecule has 10 heteroatoms. The van der Waals surface area contributed by atoms with Gasteiger partial charge in [0.2, 0.25) is 0 Å². The molecule has 1 aliphatic heterocycles. The molecule has 32 heavy (non-hydrogen) atoms. The zero-order valence-electron chi connectivity index (χ0n) is 17.2. The molecule has 166 valence electrons. The molecule has 2 heterocycles. The number of hydrogen-bond donors (Lipinski definition) is 3. The Labute approximate surface area is 187 Å². The van der Waals surface area contributed by atoms with E-state index in [1.54, 1.807) is 10.3 Å². The van der Waals surface area contributed by atoms with Crippen LogP contribution in [0.25, 0.3) is 0 Å². The van der Waals surface area contributed by atoms with E-state index in [4.69, 9.17) is 0 Å². The molecule has 1 saturated heterocycles. The maximum Gasteiger partial charge on any atom is 0.321 e. The van der Waals surface area contributed by atoms with Gasteiger partial charge in [-0.25, -0.2) is 18.6 Å². The Kier molecular flexibility index (Phi) is 6.31. The number of carbonyl (C=O) groups excluding carboxylic acids is 2. The normalized spacial score (nSPS) is 14.6. The molecular formula is C22H21F2N5O2S. The predicted molar refractivity (Wildman–Crippen MR) is 119 cm³/mol. The fraction of sp³-hybridized carbons (Fsp3) is 0.227. The Morgan fingerprint density at radius 1 is 1.19 bits per heavy atom. The first-order valence-corrected chi connectivity index (χ1v) is 10.9. The molecule has 1 unspecified atom stereocenters. The third kappa shape index (κ3) is 5.02. The Hall–Kier alpha value is -3.53. The van der Waals surface area contributed by atoms with Crippen molar-refractivity contribution in [1.82, 2.24) is 15.6 Å². The Bertz CT molecular complexity index is 1120. The molecule has 4 rings (SSSR count). The van der Waals surface area contributed by atoms with Gasteiger partial charge in [0.15, 0.2) is 5.13 Å². The molecule has 1 aliphatic rings. The zero-order valence-corrected chi connectivity index (χ0v) is 18.0. The first kappa shape index (κ1) is 21.7. The maximum atomic E-state index is 13.3. The number of nitrogens with one attached hydrogen (secondary N) is 3. The lowest BCUT2D eigenvalue weighted by molar-refractivity contribution is 0.0935. The maximum absolute atomic E-state index is 13.3. The van der Waals surface area contributed by atoms with Crippen LogP contribution in [0, 0.1) is 11.6 Å². The fourth-order valence-electron chi connectivity index (χ4n) is 3.36. The summed E-state index contributed by atoms with van der Waals surface area (Å²) < 4.78 is 26.7. The minimum atomic E-state index is -0.706. The van der Waals surface area contributed by atoms with Gasteiger partial charge < -0.3 is 16.0 Å². The van der Waals surface area contributed by atoms with Crippen molar-refractivity contribution in [1.29, 1.82) is 0 Å². The quantitative estimate of drug-likeness (QED) is 0.506. The molecule has 1 fully saturated rings. The number of carbonyl (C=O) groups is 2. The standard InChI is InChI=1S/C22H21F2N5O2S/c1-13(14-3-5-18(6-4-14)29-8-2-7-25-22(29)31)26-20(30)19-12-32-21(28-19)27-17-10-15(23)9-16(24)11-17/h3-6,9-13H,2,7-8H2,1H3,(H,25,31)(H,26,30)(H,27,28). The van der Waals surface area contributed by atoms with Gasteiger partial charge >= 0.3 is 6.03 Å². The summed E-state index contributed by atoms with van der Waals surface area (Å²) in [5, 5.41) is 10.4. The van der Waals surface area contributed by atoms with Crippen LogP contribution < -0.4 is 20.9 Å². The van der Waals surface area contributed by atoms with Crippen LogP contribution >= 0.6 is 11.3 Å². The SMILES string of the molecule is CC(NC(=O)c1csc(Nc2cc(F)cc(F)c2)n1)c1ccc(N2CCCNC2=O)cc1. The van der Waals surface area contributed by atoms with Gasteiger partial charge in [-0.2, -0.15) is 0 Å². The summed E-state index contributed by atoms with van der Waals surface area (Å²) in [5.41, 5.74) is 2.08. The van der Waals surface area contributed by atoms with Gasteiger partial charge in [0.05, 0.1) is 6.04 Å². The topological polar surface area (TPSA) is 86.4 Å². The van der Waals surface area contributed by atoms with Crippen LogP contribution in [0.2, 0.25) is 0 Å². The summed E-state index contributed by atoms with van der Waals surface area (Å²) in [7, 11) is 0. The second-order valence-electron chi connectivity index (χ2n) is 7.34. The van der Waals surface area contributed by atoms with E-state index < -0.39 is 11.6 Å². The van der Waals surface area contributed by atoms with Crippen LogP contribution in [-0.2, 0) is 0 Å². The highest BCUT2D eigenvalue weighted by Crippen LogP contribution is 2.24. The number of urea groups is 1. The number of amides is 3. The number of halogens is 2. The summed E-state index contributed by atoms with van der Waals surface area (Å²) in [6, 6.07) is 10.1. The Morgan fingerprint density at radius 2 is 1.91 bits per heavy atom. The van der Waals surface area contributed by atoms with E-state index in [0.29, 0.717) is 18.2 Å². The summed E-state index contributed by atoms with van der Waals surface area (Å²) in [6.45, 7) is 3.20. The number of anilines is 3. The van der Waals surface area contributed by atoms with Gasteiger partial charge in [-0.3, -0.25) is 9.69 Å². The lowest BCUT2D eigenvalue weighted by Gasteiger charge is -2.27. The van der Waals surface area contributed by atoms with Crippen molar-refractivity contribution < 1.29 is 18.4 Å². The smallest absolute Gasteiger partial charge is 0.321 e. The van der Waals surface area contributed by atoms with Crippen LogP contribution in [0.4, 0.5) is 30.1 Å². The second-order valence-corrected chi connectivity index (χ2v) is 8.20. The summed E-state index contributed by atoms with van der Waals surface area (Å²) >= 11 is 1.15. The molecule has 1 aromatic heterocycles. The molecule has 2 aromatic carbocycles. The number of benzene rings is 2. The van der Waals surface area contributed by atoms with Crippen molar-refractivity contribution >= 4 is 39.8 Å². The van der Waals surface area contributed by atoms with Crippen molar-refractivity contribution in [2.75, 3.05) is 23.3 Å². The summed E-state index contributed by atoms with van der Waals surface area (Å²) in [5.74, 6) is -1.78. The Morgan fingerprint density at radius 3 is 2.59 bits per heavy atom. The number of nitrogens with zero attached hydrogens (tertiary/aromatic N) is 2. The van der Waals surface area contributed by atoms with Crippen LogP contribution in [0.15, 0.2) is 47.8 Å². The van der Waals surface area contributed by atoms with Crippen molar-refractivity contribution in [3.63, 3.8) is 0 Å². The lowest BCUT2D eigenvalue weighted by Crippen LogP contribution is -2.46. The highest BCUT2D eigenvalue weighted by molar-refractivity contribution is 7.14. The first-order valence-electron chi connectivity index (χ1n) is 10.0. The largest absolute Gasteiger partial charge is 0.344 e. The van der Waals surface area contributed by atoms with Crippen molar-refractivity contribution in [2.45, 2.75) is 19.4 Å². The van der Waals surface area contributed by atoms with Gasteiger partial charge in [-0.05, 0) is 43.2 Å². The number of aromatic nitrogens is 1. The van der Waals surface area contributed by atoms with E-state index in [-0.39, 0.29) is 29.4 Å². The average Bonchev–Trinajstić information content (AvgIpc) is 3.22. The van der Waals surface area contributed by atoms with E-state index in [2.05, 4.69) is 20.9 Å². The summed E-state index contributed by atoms with van der Waals surface area (Å²) in [6.07, 6.45) is 0.887. The molecule has 0 spiro atoms. The predicted octanol–water partition coefficient (Wildman–Crippen LogP) is 4.58.